The number of hydrogen-bond acceptors (Lipinski definition) is 3. The van der Waals surface area contributed by atoms with Crippen molar-refractivity contribution >= 4 is 29.9 Å². The van der Waals surface area contributed by atoms with Crippen LogP contribution in [-0.4, -0.2) is 68.6 Å². The van der Waals surface area contributed by atoms with Crippen LogP contribution in [0, 0.1) is 0 Å². The van der Waals surface area contributed by atoms with E-state index in [2.05, 4.69) is 41.1 Å². The van der Waals surface area contributed by atoms with Crippen molar-refractivity contribution in [2.45, 2.75) is 32.2 Å². The normalized spacial score (nSPS) is 18.4. The minimum Gasteiger partial charge on any atom is -0.370 e. The molecule has 1 aliphatic heterocycles. The SMILES string of the molecule is CCCN=C(N)NCCN1CCC(N(C)C)CC1.I. The van der Waals surface area contributed by atoms with E-state index in [0.29, 0.717) is 5.96 Å². The number of piperidine rings is 1. The van der Waals surface area contributed by atoms with Crippen molar-refractivity contribution in [2.75, 3.05) is 46.8 Å². The number of aliphatic imine (C=N–C) groups is 1. The summed E-state index contributed by atoms with van der Waals surface area (Å²) in [5.41, 5.74) is 5.75. The molecule has 1 fully saturated rings. The lowest BCUT2D eigenvalue weighted by Crippen LogP contribution is -2.45. The van der Waals surface area contributed by atoms with Crippen molar-refractivity contribution in [1.82, 2.24) is 15.1 Å². The molecule has 1 heterocycles. The monoisotopic (exact) mass is 383 g/mol. The van der Waals surface area contributed by atoms with Gasteiger partial charge >= 0.3 is 0 Å². The third-order valence-electron chi connectivity index (χ3n) is 3.53. The number of nitrogens with one attached hydrogen (secondary N) is 1. The largest absolute Gasteiger partial charge is 0.370 e. The molecule has 0 aliphatic carbocycles. The quantitative estimate of drug-likeness (QED) is 0.407. The van der Waals surface area contributed by atoms with Crippen LogP contribution in [0.25, 0.3) is 0 Å². The highest BCUT2D eigenvalue weighted by molar-refractivity contribution is 14.0. The van der Waals surface area contributed by atoms with E-state index in [1.807, 2.05) is 0 Å². The summed E-state index contributed by atoms with van der Waals surface area (Å²) in [6.07, 6.45) is 3.58. The van der Waals surface area contributed by atoms with E-state index < -0.39 is 0 Å². The van der Waals surface area contributed by atoms with Gasteiger partial charge < -0.3 is 20.9 Å². The Hall–Kier alpha value is -0.0800. The van der Waals surface area contributed by atoms with E-state index in [9.17, 15) is 0 Å². The molecule has 3 N–H and O–H groups in total. The highest BCUT2D eigenvalue weighted by atomic mass is 127. The number of guanidine groups is 1. The van der Waals surface area contributed by atoms with Crippen molar-refractivity contribution in [3.05, 3.63) is 0 Å². The fraction of sp³-hybridized carbons (Fsp3) is 0.923. The van der Waals surface area contributed by atoms with Crippen LogP contribution in [0.5, 0.6) is 0 Å². The third kappa shape index (κ3) is 7.94. The second-order valence-corrected chi connectivity index (χ2v) is 5.23. The summed E-state index contributed by atoms with van der Waals surface area (Å²) in [6, 6.07) is 0.755. The molecule has 19 heavy (non-hydrogen) atoms. The first-order valence-electron chi connectivity index (χ1n) is 7.06. The van der Waals surface area contributed by atoms with E-state index in [1.165, 1.54) is 25.9 Å². The van der Waals surface area contributed by atoms with Crippen molar-refractivity contribution in [1.29, 1.82) is 0 Å². The van der Waals surface area contributed by atoms with Gasteiger partial charge in [-0.15, -0.1) is 24.0 Å². The van der Waals surface area contributed by atoms with Gasteiger partial charge in [-0.1, -0.05) is 6.92 Å². The Morgan fingerprint density at radius 3 is 2.53 bits per heavy atom. The Morgan fingerprint density at radius 1 is 1.37 bits per heavy atom. The van der Waals surface area contributed by atoms with Gasteiger partial charge in [0.2, 0.25) is 0 Å². The van der Waals surface area contributed by atoms with Gasteiger partial charge in [0.05, 0.1) is 0 Å². The molecule has 0 saturated carbocycles. The first-order valence-corrected chi connectivity index (χ1v) is 7.06. The molecule has 1 aliphatic rings. The first kappa shape index (κ1) is 18.9. The number of nitrogens with zero attached hydrogens (tertiary/aromatic N) is 3. The summed E-state index contributed by atoms with van der Waals surface area (Å²) >= 11 is 0. The smallest absolute Gasteiger partial charge is 0.188 e. The first-order chi connectivity index (χ1) is 8.63. The second kappa shape index (κ2) is 10.7. The summed E-state index contributed by atoms with van der Waals surface area (Å²) < 4.78 is 0. The summed E-state index contributed by atoms with van der Waals surface area (Å²) in [6.45, 7) is 7.25. The average Bonchev–Trinajstić information content (AvgIpc) is 2.37. The standard InChI is InChI=1S/C13H29N5.HI/c1-4-7-15-13(14)16-8-11-18-9-5-12(6-10-18)17(2)3;/h12H,4-11H2,1-3H3,(H3,14,15,16);1H. The van der Waals surface area contributed by atoms with Gasteiger partial charge in [0, 0.05) is 25.7 Å². The molecule has 1 rings (SSSR count). The van der Waals surface area contributed by atoms with Crippen LogP contribution in [0.3, 0.4) is 0 Å². The maximum Gasteiger partial charge on any atom is 0.188 e. The number of rotatable bonds is 6. The Labute approximate surface area is 135 Å². The molecule has 0 spiro atoms. The molecule has 0 amide bonds. The Morgan fingerprint density at radius 2 is 2.00 bits per heavy atom. The number of halogens is 1. The molecule has 5 nitrogen and oxygen atoms in total. The van der Waals surface area contributed by atoms with Gasteiger partial charge in [-0.3, -0.25) is 4.99 Å². The van der Waals surface area contributed by atoms with Crippen LogP contribution >= 0.6 is 24.0 Å². The van der Waals surface area contributed by atoms with Gasteiger partial charge in [-0.25, -0.2) is 0 Å². The van der Waals surface area contributed by atoms with Crippen LogP contribution in [0.1, 0.15) is 26.2 Å². The molecular weight excluding hydrogens is 353 g/mol. The lowest BCUT2D eigenvalue weighted by Gasteiger charge is -2.35. The minimum atomic E-state index is 0. The van der Waals surface area contributed by atoms with Crippen molar-refractivity contribution < 1.29 is 0 Å². The van der Waals surface area contributed by atoms with Gasteiger partial charge in [-0.2, -0.15) is 0 Å². The Balaban J connectivity index is 0.00000324. The number of likely N-dealkylation sites (tertiary alicyclic amines) is 1. The third-order valence-corrected chi connectivity index (χ3v) is 3.53. The van der Waals surface area contributed by atoms with Crippen molar-refractivity contribution in [2.24, 2.45) is 10.7 Å². The van der Waals surface area contributed by atoms with Crippen LogP contribution < -0.4 is 11.1 Å². The van der Waals surface area contributed by atoms with E-state index in [-0.39, 0.29) is 24.0 Å². The molecule has 114 valence electrons. The predicted molar refractivity (Wildman–Crippen MR) is 93.3 cm³/mol. The molecule has 6 heteroatoms. The zero-order valence-corrected chi connectivity index (χ0v) is 14.9. The fourth-order valence-electron chi connectivity index (χ4n) is 2.29. The lowest BCUT2D eigenvalue weighted by atomic mass is 10.0. The van der Waals surface area contributed by atoms with Crippen molar-refractivity contribution in [3.8, 4) is 0 Å². The van der Waals surface area contributed by atoms with Crippen LogP contribution in [0.15, 0.2) is 4.99 Å². The molecular formula is C13H30IN5. The minimum absolute atomic E-state index is 0. The average molecular weight is 383 g/mol. The molecule has 0 aromatic rings. The molecule has 0 unspecified atom stereocenters. The molecule has 0 aromatic heterocycles. The number of hydrogen-bond donors (Lipinski definition) is 2. The van der Waals surface area contributed by atoms with E-state index in [1.54, 1.807) is 0 Å². The maximum absolute atomic E-state index is 5.75. The van der Waals surface area contributed by atoms with Gasteiger partial charge in [-0.05, 0) is 46.4 Å². The fourth-order valence-corrected chi connectivity index (χ4v) is 2.29. The second-order valence-electron chi connectivity index (χ2n) is 5.23. The van der Waals surface area contributed by atoms with Gasteiger partial charge in [0.15, 0.2) is 5.96 Å². The highest BCUT2D eigenvalue weighted by Crippen LogP contribution is 2.13. The highest BCUT2D eigenvalue weighted by Gasteiger charge is 2.19. The van der Waals surface area contributed by atoms with Crippen LogP contribution in [-0.2, 0) is 0 Å². The Bertz CT molecular complexity index is 249. The summed E-state index contributed by atoms with van der Waals surface area (Å²) in [4.78, 5) is 9.06. The molecule has 0 bridgehead atoms. The van der Waals surface area contributed by atoms with E-state index >= 15 is 0 Å². The molecule has 1 saturated heterocycles. The van der Waals surface area contributed by atoms with Gasteiger partial charge in [0.25, 0.3) is 0 Å². The Kier molecular flexibility index (Phi) is 10.6. The van der Waals surface area contributed by atoms with Crippen LogP contribution in [0.4, 0.5) is 0 Å². The maximum atomic E-state index is 5.75. The predicted octanol–water partition coefficient (Wildman–Crippen LogP) is 0.945. The summed E-state index contributed by atoms with van der Waals surface area (Å²) in [5.74, 6) is 0.583. The van der Waals surface area contributed by atoms with Crippen LogP contribution in [0.2, 0.25) is 0 Å². The molecule has 0 radical (unpaired) electrons. The van der Waals surface area contributed by atoms with Gasteiger partial charge in [0.1, 0.15) is 0 Å². The molecule has 0 aromatic carbocycles. The van der Waals surface area contributed by atoms with E-state index in [0.717, 1.165) is 32.1 Å². The zero-order valence-electron chi connectivity index (χ0n) is 12.6. The van der Waals surface area contributed by atoms with Crippen molar-refractivity contribution in [3.63, 3.8) is 0 Å². The lowest BCUT2D eigenvalue weighted by molar-refractivity contribution is 0.147. The zero-order chi connectivity index (χ0) is 13.4. The number of nitrogens with two attached hydrogens (primary N) is 1. The summed E-state index contributed by atoms with van der Waals surface area (Å²) in [7, 11) is 4.35. The topological polar surface area (TPSA) is 56.9 Å². The molecule has 0 atom stereocenters. The van der Waals surface area contributed by atoms with E-state index in [4.69, 9.17) is 5.73 Å². The summed E-state index contributed by atoms with van der Waals surface area (Å²) in [5, 5.41) is 3.17.